The third-order valence-corrected chi connectivity index (χ3v) is 7.82. The third-order valence-electron chi connectivity index (χ3n) is 4.99. The minimum Gasteiger partial charge on any atom is -0.344 e. The number of hydrogen-bond acceptors (Lipinski definition) is 6. The lowest BCUT2D eigenvalue weighted by Crippen LogP contribution is -2.52. The van der Waals surface area contributed by atoms with Crippen LogP contribution in [0.15, 0.2) is 12.1 Å². The van der Waals surface area contributed by atoms with Crippen LogP contribution < -0.4 is 10.6 Å². The topological polar surface area (TPSA) is 113 Å². The fraction of sp³-hybridized carbons (Fsp3) is 0.650. The zero-order valence-electron chi connectivity index (χ0n) is 17.9. The molecule has 0 aromatic carbocycles. The van der Waals surface area contributed by atoms with Gasteiger partial charge in [0.2, 0.25) is 15.9 Å². The maximum Gasteiger partial charge on any atom is 0.262 e. The quantitative estimate of drug-likeness (QED) is 0.617. The number of amides is 2. The Morgan fingerprint density at radius 3 is 2.57 bits per heavy atom. The number of nitrogens with zero attached hydrogens (tertiary/aromatic N) is 1. The maximum absolute atomic E-state index is 12.9. The summed E-state index contributed by atoms with van der Waals surface area (Å²) in [6, 6.07) is 2.03. The van der Waals surface area contributed by atoms with Crippen molar-refractivity contribution in [2.24, 2.45) is 5.92 Å². The van der Waals surface area contributed by atoms with Gasteiger partial charge in [-0.05, 0) is 51.2 Å². The van der Waals surface area contributed by atoms with Crippen LogP contribution in [-0.4, -0.2) is 61.2 Å². The van der Waals surface area contributed by atoms with E-state index in [4.69, 9.17) is 0 Å². The molecule has 2 rings (SSSR count). The van der Waals surface area contributed by atoms with E-state index in [-0.39, 0.29) is 36.5 Å². The molecule has 1 fully saturated rings. The van der Waals surface area contributed by atoms with Crippen LogP contribution in [0.25, 0.3) is 0 Å². The summed E-state index contributed by atoms with van der Waals surface area (Å²) in [6.45, 7) is 7.37. The number of thiophene rings is 1. The molecule has 2 N–H and O–H groups in total. The van der Waals surface area contributed by atoms with Crippen molar-refractivity contribution >= 4 is 39.0 Å². The first-order valence-corrected chi connectivity index (χ1v) is 12.6. The number of sulfonamides is 1. The largest absolute Gasteiger partial charge is 0.344 e. The Hall–Kier alpha value is -1.78. The second-order valence-electron chi connectivity index (χ2n) is 7.97. The summed E-state index contributed by atoms with van der Waals surface area (Å²) >= 11 is 1.35. The van der Waals surface area contributed by atoms with Crippen molar-refractivity contribution in [2.45, 2.75) is 59.0 Å². The van der Waals surface area contributed by atoms with E-state index in [0.29, 0.717) is 24.1 Å². The second kappa shape index (κ2) is 10.5. The van der Waals surface area contributed by atoms with E-state index < -0.39 is 28.0 Å². The van der Waals surface area contributed by atoms with E-state index in [0.717, 1.165) is 4.88 Å². The molecule has 0 saturated carbocycles. The van der Waals surface area contributed by atoms with Gasteiger partial charge in [0, 0.05) is 11.4 Å². The number of nitrogens with one attached hydrogen (secondary N) is 2. The summed E-state index contributed by atoms with van der Waals surface area (Å²) in [5.74, 6) is -0.985. The molecule has 168 valence electrons. The molecule has 2 atom stereocenters. The summed E-state index contributed by atoms with van der Waals surface area (Å²) in [6.07, 6.45) is 1.28. The van der Waals surface area contributed by atoms with Crippen molar-refractivity contribution in [3.05, 3.63) is 21.9 Å². The Bertz CT molecular complexity index is 879. The van der Waals surface area contributed by atoms with E-state index in [1.807, 2.05) is 26.8 Å². The highest BCUT2D eigenvalue weighted by Gasteiger charge is 2.33. The molecule has 0 bridgehead atoms. The third kappa shape index (κ3) is 6.61. The van der Waals surface area contributed by atoms with Crippen molar-refractivity contribution in [1.82, 2.24) is 14.9 Å². The zero-order valence-corrected chi connectivity index (χ0v) is 19.6. The van der Waals surface area contributed by atoms with Crippen LogP contribution in [0.5, 0.6) is 0 Å². The van der Waals surface area contributed by atoms with E-state index in [9.17, 15) is 22.8 Å². The number of Topliss-reactive ketones (excluding diaryl/α,β-unsaturated/α-hetero) is 1. The lowest BCUT2D eigenvalue weighted by atomic mass is 10.0. The summed E-state index contributed by atoms with van der Waals surface area (Å²) in [5, 5.41) is 5.53. The Kier molecular flexibility index (Phi) is 8.57. The molecule has 1 aliphatic heterocycles. The van der Waals surface area contributed by atoms with Crippen LogP contribution >= 0.6 is 11.3 Å². The number of rotatable bonds is 8. The molecule has 2 heterocycles. The Morgan fingerprint density at radius 1 is 1.30 bits per heavy atom. The Labute approximate surface area is 182 Å². The molecule has 1 saturated heterocycles. The smallest absolute Gasteiger partial charge is 0.262 e. The standard InChI is InChI=1S/C20H31N3O5S2/c1-5-30(27,28)23-10-6-7-15(17(24)12-23)21-19(25)16(11-13(2)3)22-20(26)18-9-8-14(4)29-18/h8-9,13,15-16H,5-7,10-12H2,1-4H3,(H,21,25)(H,22,26)/t15?,16-/m0/s1. The van der Waals surface area contributed by atoms with Crippen molar-refractivity contribution in [1.29, 1.82) is 0 Å². The highest BCUT2D eigenvalue weighted by Crippen LogP contribution is 2.17. The first kappa shape index (κ1) is 24.5. The van der Waals surface area contributed by atoms with Gasteiger partial charge in [-0.15, -0.1) is 11.3 Å². The predicted molar refractivity (Wildman–Crippen MR) is 117 cm³/mol. The molecule has 2 amide bonds. The maximum atomic E-state index is 12.9. The van der Waals surface area contributed by atoms with Gasteiger partial charge in [0.05, 0.1) is 23.2 Å². The summed E-state index contributed by atoms with van der Waals surface area (Å²) in [4.78, 5) is 39.6. The summed E-state index contributed by atoms with van der Waals surface area (Å²) in [7, 11) is -3.46. The number of hydrogen-bond donors (Lipinski definition) is 2. The number of carbonyl (C=O) groups excluding carboxylic acids is 3. The number of aryl methyl sites for hydroxylation is 1. The van der Waals surface area contributed by atoms with E-state index in [1.54, 1.807) is 6.07 Å². The van der Waals surface area contributed by atoms with E-state index >= 15 is 0 Å². The van der Waals surface area contributed by atoms with Crippen LogP contribution in [-0.2, 0) is 19.6 Å². The molecule has 1 aromatic rings. The lowest BCUT2D eigenvalue weighted by molar-refractivity contribution is -0.129. The van der Waals surface area contributed by atoms with Crippen LogP contribution in [0.2, 0.25) is 0 Å². The molecule has 8 nitrogen and oxygen atoms in total. The van der Waals surface area contributed by atoms with Gasteiger partial charge in [-0.3, -0.25) is 14.4 Å². The van der Waals surface area contributed by atoms with Crippen molar-refractivity contribution < 1.29 is 22.8 Å². The normalized spacial score (nSPS) is 19.4. The van der Waals surface area contributed by atoms with Crippen molar-refractivity contribution in [3.63, 3.8) is 0 Å². The minimum atomic E-state index is -3.46. The number of carbonyl (C=O) groups is 3. The van der Waals surface area contributed by atoms with Gasteiger partial charge < -0.3 is 10.6 Å². The van der Waals surface area contributed by atoms with E-state index in [1.165, 1.54) is 22.6 Å². The van der Waals surface area contributed by atoms with Crippen molar-refractivity contribution in [3.8, 4) is 0 Å². The van der Waals surface area contributed by atoms with Crippen LogP contribution in [0.1, 0.15) is 54.6 Å². The molecular formula is C20H31N3O5S2. The molecule has 1 unspecified atom stereocenters. The molecule has 0 radical (unpaired) electrons. The fourth-order valence-corrected chi connectivity index (χ4v) is 5.20. The van der Waals surface area contributed by atoms with Gasteiger partial charge in [-0.25, -0.2) is 8.42 Å². The highest BCUT2D eigenvalue weighted by molar-refractivity contribution is 7.89. The molecule has 0 spiro atoms. The van der Waals surface area contributed by atoms with Gasteiger partial charge >= 0.3 is 0 Å². The minimum absolute atomic E-state index is 0.0675. The SMILES string of the molecule is CCS(=O)(=O)N1CCCC(NC(=O)[C@H](CC(C)C)NC(=O)c2ccc(C)s2)C(=O)C1. The van der Waals surface area contributed by atoms with Crippen molar-refractivity contribution in [2.75, 3.05) is 18.8 Å². The Morgan fingerprint density at radius 2 is 2.00 bits per heavy atom. The molecule has 30 heavy (non-hydrogen) atoms. The van der Waals surface area contributed by atoms with Crippen LogP contribution in [0.4, 0.5) is 0 Å². The van der Waals surface area contributed by atoms with Crippen LogP contribution in [0, 0.1) is 12.8 Å². The molecular weight excluding hydrogens is 426 g/mol. The average molecular weight is 458 g/mol. The van der Waals surface area contributed by atoms with Gasteiger partial charge in [0.1, 0.15) is 6.04 Å². The van der Waals surface area contributed by atoms with E-state index in [2.05, 4.69) is 10.6 Å². The average Bonchev–Trinajstić information content (AvgIpc) is 3.02. The molecule has 1 aliphatic rings. The first-order chi connectivity index (χ1) is 14.0. The fourth-order valence-electron chi connectivity index (χ4n) is 3.33. The summed E-state index contributed by atoms with van der Waals surface area (Å²) in [5.41, 5.74) is 0. The predicted octanol–water partition coefficient (Wildman–Crippen LogP) is 1.70. The molecule has 1 aromatic heterocycles. The molecule has 10 heteroatoms. The second-order valence-corrected chi connectivity index (χ2v) is 11.5. The van der Waals surface area contributed by atoms with Gasteiger partial charge in [0.25, 0.3) is 5.91 Å². The van der Waals surface area contributed by atoms with Gasteiger partial charge in [-0.2, -0.15) is 4.31 Å². The van der Waals surface area contributed by atoms with Crippen LogP contribution in [0.3, 0.4) is 0 Å². The van der Waals surface area contributed by atoms with Gasteiger partial charge in [-0.1, -0.05) is 13.8 Å². The monoisotopic (exact) mass is 457 g/mol. The summed E-state index contributed by atoms with van der Waals surface area (Å²) < 4.78 is 25.4. The number of ketones is 1. The zero-order chi connectivity index (χ0) is 22.5. The Balaban J connectivity index is 2.07. The van der Waals surface area contributed by atoms with Gasteiger partial charge in [0.15, 0.2) is 5.78 Å². The lowest BCUT2D eigenvalue weighted by Gasteiger charge is -2.23. The highest BCUT2D eigenvalue weighted by atomic mass is 32.2. The molecule has 0 aliphatic carbocycles. The first-order valence-electron chi connectivity index (χ1n) is 10.2.